The van der Waals surface area contributed by atoms with Crippen molar-refractivity contribution in [3.63, 3.8) is 0 Å². The molecule has 4 heteroatoms. The second kappa shape index (κ2) is 8.18. The lowest BCUT2D eigenvalue weighted by Gasteiger charge is -2.30. The molecule has 0 saturated carbocycles. The maximum Gasteiger partial charge on any atom is 0.0312 e. The van der Waals surface area contributed by atoms with Gasteiger partial charge in [0, 0.05) is 50.5 Å². The minimum absolute atomic E-state index is 0.674. The molecule has 1 unspecified atom stereocenters. The minimum Gasteiger partial charge on any atom is -0.299 e. The summed E-state index contributed by atoms with van der Waals surface area (Å²) in [5, 5.41) is 0. The molecule has 122 valence electrons. The number of aromatic nitrogens is 2. The first-order valence-electron chi connectivity index (χ1n) is 8.59. The van der Waals surface area contributed by atoms with Crippen molar-refractivity contribution in [2.24, 2.45) is 0 Å². The zero-order valence-electron chi connectivity index (χ0n) is 13.9. The van der Waals surface area contributed by atoms with Crippen molar-refractivity contribution >= 4 is 0 Å². The first-order valence-corrected chi connectivity index (χ1v) is 8.59. The summed E-state index contributed by atoms with van der Waals surface area (Å²) >= 11 is 0. The van der Waals surface area contributed by atoms with E-state index in [-0.39, 0.29) is 0 Å². The van der Waals surface area contributed by atoms with Crippen LogP contribution < -0.4 is 0 Å². The number of hydrogen-bond donors (Lipinski definition) is 0. The van der Waals surface area contributed by atoms with Crippen LogP contribution >= 0.6 is 0 Å². The highest BCUT2D eigenvalue weighted by molar-refractivity contribution is 5.11. The van der Waals surface area contributed by atoms with Gasteiger partial charge in [-0.25, -0.2) is 0 Å². The molecule has 0 spiro atoms. The molecule has 0 aromatic carbocycles. The number of hydrogen-bond acceptors (Lipinski definition) is 4. The molecule has 1 fully saturated rings. The van der Waals surface area contributed by atoms with Gasteiger partial charge >= 0.3 is 0 Å². The highest BCUT2D eigenvalue weighted by Gasteiger charge is 2.25. The number of likely N-dealkylation sites (N-methyl/N-ethyl adjacent to an activating group) is 1. The van der Waals surface area contributed by atoms with E-state index in [9.17, 15) is 0 Å². The largest absolute Gasteiger partial charge is 0.299 e. The van der Waals surface area contributed by atoms with Crippen LogP contribution in [-0.2, 0) is 13.1 Å². The van der Waals surface area contributed by atoms with E-state index in [1.165, 1.54) is 30.5 Å². The van der Waals surface area contributed by atoms with Crippen LogP contribution in [0.2, 0.25) is 0 Å². The van der Waals surface area contributed by atoms with Crippen molar-refractivity contribution in [1.29, 1.82) is 0 Å². The fourth-order valence-corrected chi connectivity index (χ4v) is 3.50. The lowest BCUT2D eigenvalue weighted by atomic mass is 10.1. The highest BCUT2D eigenvalue weighted by Crippen LogP contribution is 2.19. The zero-order valence-corrected chi connectivity index (χ0v) is 13.9. The summed E-state index contributed by atoms with van der Waals surface area (Å²) in [6, 6.07) is 9.04. The van der Waals surface area contributed by atoms with Gasteiger partial charge in [-0.3, -0.25) is 19.8 Å². The van der Waals surface area contributed by atoms with E-state index in [4.69, 9.17) is 0 Å². The number of likely N-dealkylation sites (tertiary alicyclic amines) is 1. The molecule has 0 N–H and O–H groups in total. The van der Waals surface area contributed by atoms with Crippen molar-refractivity contribution in [1.82, 2.24) is 19.8 Å². The molecule has 1 aliphatic rings. The van der Waals surface area contributed by atoms with Crippen molar-refractivity contribution in [3.8, 4) is 0 Å². The molecule has 3 rings (SSSR count). The molecular formula is C19H26N4. The second-order valence-corrected chi connectivity index (χ2v) is 6.32. The molecule has 2 aromatic rings. The first-order chi connectivity index (χ1) is 11.3. The summed E-state index contributed by atoms with van der Waals surface area (Å²) in [5.74, 6) is 0. The van der Waals surface area contributed by atoms with Gasteiger partial charge in [-0.15, -0.1) is 0 Å². The van der Waals surface area contributed by atoms with Gasteiger partial charge < -0.3 is 0 Å². The molecule has 0 aliphatic carbocycles. The lowest BCUT2D eigenvalue weighted by molar-refractivity contribution is 0.166. The molecule has 0 bridgehead atoms. The lowest BCUT2D eigenvalue weighted by Crippen LogP contribution is -2.39. The van der Waals surface area contributed by atoms with E-state index in [2.05, 4.69) is 38.8 Å². The van der Waals surface area contributed by atoms with Crippen LogP contribution in [0.1, 0.15) is 30.9 Å². The van der Waals surface area contributed by atoms with Crippen LogP contribution in [0, 0.1) is 0 Å². The molecule has 1 atom stereocenters. The van der Waals surface area contributed by atoms with Crippen LogP contribution in [0.25, 0.3) is 0 Å². The van der Waals surface area contributed by atoms with Crippen LogP contribution in [-0.4, -0.2) is 45.4 Å². The van der Waals surface area contributed by atoms with Gasteiger partial charge in [0.25, 0.3) is 0 Å². The molecular weight excluding hydrogens is 284 g/mol. The Bertz CT molecular complexity index is 531. The fourth-order valence-electron chi connectivity index (χ4n) is 3.50. The van der Waals surface area contributed by atoms with E-state index in [0.29, 0.717) is 6.04 Å². The van der Waals surface area contributed by atoms with Gasteiger partial charge in [-0.1, -0.05) is 19.1 Å². The average molecular weight is 310 g/mol. The molecule has 4 nitrogen and oxygen atoms in total. The second-order valence-electron chi connectivity index (χ2n) is 6.32. The number of rotatable bonds is 7. The predicted octanol–water partition coefficient (Wildman–Crippen LogP) is 2.96. The minimum atomic E-state index is 0.674. The quantitative estimate of drug-likeness (QED) is 0.787. The number of pyridine rings is 2. The Morgan fingerprint density at radius 3 is 2.26 bits per heavy atom. The van der Waals surface area contributed by atoms with Crippen molar-refractivity contribution < 1.29 is 0 Å². The van der Waals surface area contributed by atoms with Gasteiger partial charge in [0.1, 0.15) is 0 Å². The van der Waals surface area contributed by atoms with Crippen LogP contribution in [0.5, 0.6) is 0 Å². The molecule has 0 amide bonds. The maximum absolute atomic E-state index is 4.26. The van der Waals surface area contributed by atoms with Crippen molar-refractivity contribution in [2.45, 2.75) is 38.9 Å². The third-order valence-electron chi connectivity index (χ3n) is 4.63. The Labute approximate surface area is 139 Å². The van der Waals surface area contributed by atoms with Gasteiger partial charge in [0.15, 0.2) is 0 Å². The van der Waals surface area contributed by atoms with E-state index < -0.39 is 0 Å². The third-order valence-corrected chi connectivity index (χ3v) is 4.63. The summed E-state index contributed by atoms with van der Waals surface area (Å²) in [5.41, 5.74) is 2.55. The van der Waals surface area contributed by atoms with Crippen molar-refractivity contribution in [2.75, 3.05) is 19.6 Å². The molecule has 3 heterocycles. The van der Waals surface area contributed by atoms with E-state index in [0.717, 1.165) is 26.2 Å². The Morgan fingerprint density at radius 1 is 1.09 bits per heavy atom. The summed E-state index contributed by atoms with van der Waals surface area (Å²) in [6.07, 6.45) is 10.3. The molecule has 1 aliphatic heterocycles. The van der Waals surface area contributed by atoms with Crippen LogP contribution in [0.15, 0.2) is 49.1 Å². The fraction of sp³-hybridized carbons (Fsp3) is 0.474. The smallest absolute Gasteiger partial charge is 0.0312 e. The third kappa shape index (κ3) is 4.60. The first kappa shape index (κ1) is 16.1. The summed E-state index contributed by atoms with van der Waals surface area (Å²) < 4.78 is 0. The monoisotopic (exact) mass is 310 g/mol. The Kier molecular flexibility index (Phi) is 5.72. The topological polar surface area (TPSA) is 32.3 Å². The Balaban J connectivity index is 1.70. The van der Waals surface area contributed by atoms with E-state index in [1.54, 1.807) is 0 Å². The standard InChI is InChI=1S/C19H26N4/c1-2-23-11-5-8-19(23)16-22(14-17-6-3-9-20-12-17)15-18-7-4-10-21-13-18/h3-4,6-7,9-10,12-13,19H,2,5,8,11,14-16H2,1H3. The van der Waals surface area contributed by atoms with Crippen LogP contribution in [0.3, 0.4) is 0 Å². The van der Waals surface area contributed by atoms with Gasteiger partial charge in [-0.05, 0) is 49.2 Å². The van der Waals surface area contributed by atoms with E-state index in [1.807, 2.05) is 36.9 Å². The van der Waals surface area contributed by atoms with Gasteiger partial charge in [0.2, 0.25) is 0 Å². The molecule has 1 saturated heterocycles. The summed E-state index contributed by atoms with van der Waals surface area (Å²) in [7, 11) is 0. The zero-order chi connectivity index (χ0) is 15.9. The summed E-state index contributed by atoms with van der Waals surface area (Å²) in [6.45, 7) is 7.66. The normalized spacial score (nSPS) is 18.6. The van der Waals surface area contributed by atoms with Crippen LogP contribution in [0.4, 0.5) is 0 Å². The molecule has 23 heavy (non-hydrogen) atoms. The molecule has 2 aromatic heterocycles. The molecule has 0 radical (unpaired) electrons. The Morgan fingerprint density at radius 2 is 1.74 bits per heavy atom. The van der Waals surface area contributed by atoms with Gasteiger partial charge in [-0.2, -0.15) is 0 Å². The Hall–Kier alpha value is -1.78. The maximum atomic E-state index is 4.26. The SMILES string of the molecule is CCN1CCCC1CN(Cc1cccnc1)Cc1cccnc1. The van der Waals surface area contributed by atoms with Crippen molar-refractivity contribution in [3.05, 3.63) is 60.2 Å². The summed E-state index contributed by atoms with van der Waals surface area (Å²) in [4.78, 5) is 13.7. The average Bonchev–Trinajstić information content (AvgIpc) is 3.04. The predicted molar refractivity (Wildman–Crippen MR) is 92.9 cm³/mol. The number of nitrogens with zero attached hydrogens (tertiary/aromatic N) is 4. The highest BCUT2D eigenvalue weighted by atomic mass is 15.2. The van der Waals surface area contributed by atoms with Gasteiger partial charge in [0.05, 0.1) is 0 Å². The van der Waals surface area contributed by atoms with E-state index >= 15 is 0 Å².